The molecule has 1 aliphatic rings. The van der Waals surface area contributed by atoms with Crippen LogP contribution in [0.2, 0.25) is 0 Å². The van der Waals surface area contributed by atoms with Crippen LogP contribution in [0.5, 0.6) is 0 Å². The van der Waals surface area contributed by atoms with Crippen molar-refractivity contribution >= 4 is 5.97 Å². The summed E-state index contributed by atoms with van der Waals surface area (Å²) in [6.07, 6.45) is -0.832. The third-order valence-electron chi connectivity index (χ3n) is 2.52. The zero-order valence-corrected chi connectivity index (χ0v) is 10.6. The predicted octanol–water partition coefficient (Wildman–Crippen LogP) is 0.251. The lowest BCUT2D eigenvalue weighted by atomic mass is 9.94. The van der Waals surface area contributed by atoms with E-state index in [0.717, 1.165) is 0 Å². The van der Waals surface area contributed by atoms with Gasteiger partial charge in [-0.05, 0) is 5.41 Å². The van der Waals surface area contributed by atoms with E-state index in [-0.39, 0.29) is 5.41 Å². The van der Waals surface area contributed by atoms with E-state index in [1.165, 1.54) is 13.2 Å². The van der Waals surface area contributed by atoms with Gasteiger partial charge in [-0.15, -0.1) is 0 Å². The van der Waals surface area contributed by atoms with Gasteiger partial charge in [0.15, 0.2) is 12.2 Å². The average molecular weight is 244 g/mol. The Balaban J connectivity index is 2.69. The van der Waals surface area contributed by atoms with Crippen molar-refractivity contribution in [3.8, 4) is 0 Å². The third kappa shape index (κ3) is 3.52. The molecule has 0 saturated carbocycles. The van der Waals surface area contributed by atoms with E-state index in [2.05, 4.69) is 0 Å². The van der Waals surface area contributed by atoms with Crippen LogP contribution in [0.3, 0.4) is 0 Å². The molecule has 0 amide bonds. The van der Waals surface area contributed by atoms with E-state index in [0.29, 0.717) is 0 Å². The first kappa shape index (κ1) is 14.2. The molecule has 0 spiro atoms. The van der Waals surface area contributed by atoms with Gasteiger partial charge < -0.3 is 19.7 Å². The summed E-state index contributed by atoms with van der Waals surface area (Å²) in [7, 11) is 1.31. The quantitative estimate of drug-likeness (QED) is 0.550. The molecule has 5 heteroatoms. The summed E-state index contributed by atoms with van der Waals surface area (Å²) in [5.74, 6) is -0.645. The fourth-order valence-corrected chi connectivity index (χ4v) is 1.59. The van der Waals surface area contributed by atoms with Gasteiger partial charge in [0.1, 0.15) is 12.2 Å². The monoisotopic (exact) mass is 244 g/mol. The summed E-state index contributed by atoms with van der Waals surface area (Å²) in [6, 6.07) is 0. The van der Waals surface area contributed by atoms with E-state index < -0.39 is 30.4 Å². The molecule has 1 aliphatic heterocycles. The predicted molar refractivity (Wildman–Crippen MR) is 61.3 cm³/mol. The first-order chi connectivity index (χ1) is 7.76. The van der Waals surface area contributed by atoms with E-state index in [9.17, 15) is 15.0 Å². The topological polar surface area (TPSA) is 76.0 Å². The third-order valence-corrected chi connectivity index (χ3v) is 2.52. The Kier molecular flexibility index (Phi) is 4.30. The number of hydrogen-bond acceptors (Lipinski definition) is 5. The second-order valence-electron chi connectivity index (χ2n) is 5.26. The molecule has 1 heterocycles. The number of esters is 1. The van der Waals surface area contributed by atoms with Gasteiger partial charge in [-0.1, -0.05) is 32.9 Å². The molecule has 1 rings (SSSR count). The molecule has 1 saturated heterocycles. The summed E-state index contributed by atoms with van der Waals surface area (Å²) in [4.78, 5) is 11.3. The van der Waals surface area contributed by atoms with Gasteiger partial charge >= 0.3 is 5.97 Å². The number of aliphatic hydroxyl groups excluding tert-OH is 2. The van der Waals surface area contributed by atoms with Gasteiger partial charge in [0, 0.05) is 7.11 Å². The van der Waals surface area contributed by atoms with Crippen LogP contribution in [-0.2, 0) is 14.3 Å². The first-order valence-electron chi connectivity index (χ1n) is 5.55. The molecule has 1 unspecified atom stereocenters. The lowest BCUT2D eigenvalue weighted by Gasteiger charge is -2.19. The molecule has 0 radical (unpaired) electrons. The Morgan fingerprint density at radius 3 is 2.47 bits per heavy atom. The van der Waals surface area contributed by atoms with Crippen LogP contribution in [0.4, 0.5) is 0 Å². The normalized spacial score (nSPS) is 31.9. The second kappa shape index (κ2) is 5.16. The molecule has 1 fully saturated rings. The van der Waals surface area contributed by atoms with Gasteiger partial charge in [-0.2, -0.15) is 0 Å². The molecule has 17 heavy (non-hydrogen) atoms. The maximum atomic E-state index is 11.3. The Bertz CT molecular complexity index is 305. The minimum Gasteiger partial charge on any atom is -0.454 e. The van der Waals surface area contributed by atoms with Crippen LogP contribution < -0.4 is 0 Å². The minimum absolute atomic E-state index is 0.0881. The van der Waals surface area contributed by atoms with E-state index in [1.54, 1.807) is 6.08 Å². The van der Waals surface area contributed by atoms with Crippen LogP contribution in [-0.4, -0.2) is 47.7 Å². The molecule has 98 valence electrons. The summed E-state index contributed by atoms with van der Waals surface area (Å²) < 4.78 is 9.69. The van der Waals surface area contributed by atoms with Crippen molar-refractivity contribution < 1.29 is 24.5 Å². The van der Waals surface area contributed by atoms with Gasteiger partial charge in [-0.25, -0.2) is 4.79 Å². The lowest BCUT2D eigenvalue weighted by molar-refractivity contribution is -0.150. The number of carbonyl (C=O) groups is 1. The number of aliphatic hydroxyl groups is 2. The molecule has 2 N–H and O–H groups in total. The number of ether oxygens (including phenoxy) is 2. The highest BCUT2D eigenvalue weighted by atomic mass is 16.6. The Morgan fingerprint density at radius 2 is 2.06 bits per heavy atom. The van der Waals surface area contributed by atoms with Crippen molar-refractivity contribution in [2.45, 2.75) is 45.2 Å². The van der Waals surface area contributed by atoms with Gasteiger partial charge in [0.25, 0.3) is 0 Å². The van der Waals surface area contributed by atoms with Crippen molar-refractivity contribution in [1.82, 2.24) is 0 Å². The van der Waals surface area contributed by atoms with Crippen LogP contribution in [0.15, 0.2) is 12.2 Å². The van der Waals surface area contributed by atoms with Crippen LogP contribution in [0, 0.1) is 5.41 Å². The van der Waals surface area contributed by atoms with Crippen molar-refractivity contribution in [3.63, 3.8) is 0 Å². The van der Waals surface area contributed by atoms with E-state index >= 15 is 0 Å². The molecular formula is C12H20O5. The van der Waals surface area contributed by atoms with E-state index in [1.807, 2.05) is 20.8 Å². The minimum atomic E-state index is -1.15. The highest BCUT2D eigenvalue weighted by Crippen LogP contribution is 2.23. The Morgan fingerprint density at radius 1 is 1.47 bits per heavy atom. The number of allylic oxidation sites excluding steroid dienone is 1. The fourth-order valence-electron chi connectivity index (χ4n) is 1.59. The largest absolute Gasteiger partial charge is 0.454 e. The summed E-state index contributed by atoms with van der Waals surface area (Å²) >= 11 is 0. The highest BCUT2D eigenvalue weighted by molar-refractivity contribution is 5.78. The second-order valence-corrected chi connectivity index (χ2v) is 5.26. The van der Waals surface area contributed by atoms with Crippen LogP contribution >= 0.6 is 0 Å². The van der Waals surface area contributed by atoms with Crippen molar-refractivity contribution in [1.29, 1.82) is 0 Å². The number of methoxy groups -OCH3 is 1. The SMILES string of the molecule is CO[C@H]1C(=O)OC([C@H](O)/C=C/C(C)(C)C)[C@H]1O. The maximum absolute atomic E-state index is 11.3. The highest BCUT2D eigenvalue weighted by Gasteiger charge is 2.46. The number of rotatable bonds is 3. The van der Waals surface area contributed by atoms with Gasteiger partial charge in [0.05, 0.1) is 0 Å². The molecule has 4 atom stereocenters. The lowest BCUT2D eigenvalue weighted by Crippen LogP contribution is -2.38. The molecule has 5 nitrogen and oxygen atoms in total. The summed E-state index contributed by atoms with van der Waals surface area (Å²) in [6.45, 7) is 5.93. The smallest absolute Gasteiger partial charge is 0.338 e. The Labute approximate surface area is 101 Å². The zero-order chi connectivity index (χ0) is 13.2. The molecule has 0 aromatic rings. The van der Waals surface area contributed by atoms with E-state index in [4.69, 9.17) is 9.47 Å². The maximum Gasteiger partial charge on any atom is 0.338 e. The summed E-state index contributed by atoms with van der Waals surface area (Å²) in [5, 5.41) is 19.6. The molecule has 0 bridgehead atoms. The van der Waals surface area contributed by atoms with Crippen LogP contribution in [0.1, 0.15) is 20.8 Å². The number of hydrogen-bond donors (Lipinski definition) is 2. The summed E-state index contributed by atoms with van der Waals surface area (Å²) in [5.41, 5.74) is -0.0881. The van der Waals surface area contributed by atoms with Crippen molar-refractivity contribution in [3.05, 3.63) is 12.2 Å². The molecule has 0 aromatic carbocycles. The average Bonchev–Trinajstić information content (AvgIpc) is 2.49. The van der Waals surface area contributed by atoms with Crippen LogP contribution in [0.25, 0.3) is 0 Å². The molecule has 0 aliphatic carbocycles. The van der Waals surface area contributed by atoms with Gasteiger partial charge in [-0.3, -0.25) is 0 Å². The van der Waals surface area contributed by atoms with Crippen molar-refractivity contribution in [2.24, 2.45) is 5.41 Å². The first-order valence-corrected chi connectivity index (χ1v) is 5.55. The zero-order valence-electron chi connectivity index (χ0n) is 10.6. The number of cyclic esters (lactones) is 1. The molecule has 0 aromatic heterocycles. The fraction of sp³-hybridized carbons (Fsp3) is 0.750. The van der Waals surface area contributed by atoms with Gasteiger partial charge in [0.2, 0.25) is 0 Å². The number of carbonyl (C=O) groups excluding carboxylic acids is 1. The van der Waals surface area contributed by atoms with Crippen molar-refractivity contribution in [2.75, 3.05) is 7.11 Å². The molecular weight excluding hydrogens is 224 g/mol. The Hall–Kier alpha value is -0.910. The standard InChI is InChI=1S/C12H20O5/c1-12(2,3)6-5-7(13)9-8(14)10(16-4)11(15)17-9/h5-10,13-14H,1-4H3/b6-5+/t7-,8-,9?,10-/m1/s1.